The fraction of sp³-hybridized carbons (Fsp3) is 0.429. The number of aliphatic carboxylic acids is 1. The third-order valence-corrected chi connectivity index (χ3v) is 1.70. The second kappa shape index (κ2) is 4.40. The van der Waals surface area contributed by atoms with Crippen LogP contribution in [0.25, 0.3) is 0 Å². The lowest BCUT2D eigenvalue weighted by atomic mass is 10.3. The average molecular weight is 215 g/mol. The minimum atomic E-state index is -1.22. The van der Waals surface area contributed by atoms with E-state index in [0.29, 0.717) is 4.90 Å². The van der Waals surface area contributed by atoms with E-state index < -0.39 is 30.4 Å². The Morgan fingerprint density at radius 2 is 2.13 bits per heavy atom. The van der Waals surface area contributed by atoms with Crippen molar-refractivity contribution in [3.05, 3.63) is 0 Å². The molecule has 0 aromatic heterocycles. The monoisotopic (exact) mass is 215 g/mol. The van der Waals surface area contributed by atoms with Gasteiger partial charge in [0.2, 0.25) is 0 Å². The molecule has 0 spiro atoms. The summed E-state index contributed by atoms with van der Waals surface area (Å²) in [6.45, 7) is -0.384. The summed E-state index contributed by atoms with van der Waals surface area (Å²) in [6, 6.07) is -0.878. The predicted molar refractivity (Wildman–Crippen MR) is 45.8 cm³/mol. The van der Waals surface area contributed by atoms with Crippen LogP contribution in [0.3, 0.4) is 0 Å². The quantitative estimate of drug-likeness (QED) is 0.449. The molecule has 0 atom stereocenters. The first-order chi connectivity index (χ1) is 7.02. The van der Waals surface area contributed by atoms with Gasteiger partial charge < -0.3 is 15.7 Å². The number of hydrogen-bond donors (Lipinski definition) is 3. The summed E-state index contributed by atoms with van der Waals surface area (Å²) in [7, 11) is 0. The van der Waals surface area contributed by atoms with E-state index in [1.807, 2.05) is 5.32 Å². The number of carboxylic acid groups (broad SMARTS) is 1. The van der Waals surface area contributed by atoms with Crippen LogP contribution in [-0.4, -0.2) is 53.5 Å². The Kier molecular flexibility index (Phi) is 3.21. The maximum absolute atomic E-state index is 11.2. The van der Waals surface area contributed by atoms with Gasteiger partial charge >= 0.3 is 23.8 Å². The molecule has 82 valence electrons. The molecule has 3 N–H and O–H groups in total. The van der Waals surface area contributed by atoms with Crippen molar-refractivity contribution in [1.29, 1.82) is 0 Å². The number of carbonyl (C=O) groups is 4. The molecule has 0 saturated carbocycles. The lowest BCUT2D eigenvalue weighted by Crippen LogP contribution is -2.57. The average Bonchev–Trinajstić information content (AvgIpc) is 2.18. The van der Waals surface area contributed by atoms with Crippen LogP contribution in [0, 0.1) is 0 Å². The van der Waals surface area contributed by atoms with Gasteiger partial charge in [0.25, 0.3) is 0 Å². The Morgan fingerprint density at radius 3 is 2.73 bits per heavy atom. The van der Waals surface area contributed by atoms with Gasteiger partial charge in [-0.2, -0.15) is 0 Å². The van der Waals surface area contributed by atoms with Crippen molar-refractivity contribution >= 4 is 23.8 Å². The van der Waals surface area contributed by atoms with Crippen molar-refractivity contribution in [2.45, 2.75) is 0 Å². The van der Waals surface area contributed by atoms with E-state index in [-0.39, 0.29) is 13.1 Å². The van der Waals surface area contributed by atoms with Gasteiger partial charge in [0.05, 0.1) is 0 Å². The largest absolute Gasteiger partial charge is 0.480 e. The van der Waals surface area contributed by atoms with Crippen LogP contribution in [-0.2, 0) is 14.4 Å². The SMILES string of the molecule is O=C(O)CNC(=O)N1CCNC(=O)C1=O. The maximum Gasteiger partial charge on any atom is 0.325 e. The second-order valence-corrected chi connectivity index (χ2v) is 2.77. The molecular weight excluding hydrogens is 206 g/mol. The number of carboxylic acids is 1. The molecule has 0 unspecified atom stereocenters. The highest BCUT2D eigenvalue weighted by Gasteiger charge is 2.30. The Labute approximate surface area is 84.2 Å². The number of hydrogen-bond acceptors (Lipinski definition) is 4. The third kappa shape index (κ3) is 2.66. The molecule has 8 heteroatoms. The molecule has 1 aliphatic heterocycles. The fourth-order valence-electron chi connectivity index (χ4n) is 1.02. The van der Waals surface area contributed by atoms with Crippen LogP contribution in [0.5, 0.6) is 0 Å². The molecule has 15 heavy (non-hydrogen) atoms. The van der Waals surface area contributed by atoms with Crippen LogP contribution < -0.4 is 10.6 Å². The molecule has 0 aliphatic carbocycles. The Balaban J connectivity index is 2.54. The van der Waals surface area contributed by atoms with E-state index >= 15 is 0 Å². The van der Waals surface area contributed by atoms with Gasteiger partial charge in [-0.15, -0.1) is 0 Å². The van der Waals surface area contributed by atoms with E-state index in [1.165, 1.54) is 0 Å². The van der Waals surface area contributed by atoms with E-state index in [2.05, 4.69) is 5.32 Å². The normalized spacial score (nSPS) is 15.9. The van der Waals surface area contributed by atoms with Gasteiger partial charge in [0.15, 0.2) is 0 Å². The summed E-state index contributed by atoms with van der Waals surface area (Å²) in [4.78, 5) is 44.0. The molecule has 0 bridgehead atoms. The van der Waals surface area contributed by atoms with Gasteiger partial charge in [0.1, 0.15) is 6.54 Å². The fourth-order valence-corrected chi connectivity index (χ4v) is 1.02. The molecule has 0 radical (unpaired) electrons. The molecule has 1 rings (SSSR count). The number of piperazine rings is 1. The first-order valence-electron chi connectivity index (χ1n) is 4.11. The highest BCUT2D eigenvalue weighted by molar-refractivity contribution is 6.38. The minimum absolute atomic E-state index is 0.0377. The van der Waals surface area contributed by atoms with E-state index in [1.54, 1.807) is 0 Å². The Bertz CT molecular complexity index is 327. The molecule has 1 aliphatic rings. The zero-order valence-corrected chi connectivity index (χ0v) is 7.65. The minimum Gasteiger partial charge on any atom is -0.480 e. The summed E-state index contributed by atoms with van der Waals surface area (Å²) >= 11 is 0. The summed E-state index contributed by atoms with van der Waals surface area (Å²) in [5.74, 6) is -3.08. The zero-order chi connectivity index (χ0) is 11.4. The van der Waals surface area contributed by atoms with Crippen LogP contribution >= 0.6 is 0 Å². The number of nitrogens with one attached hydrogen (secondary N) is 2. The lowest BCUT2D eigenvalue weighted by molar-refractivity contribution is -0.146. The molecule has 8 nitrogen and oxygen atoms in total. The molecule has 0 aromatic carbocycles. The maximum atomic E-state index is 11.2. The second-order valence-electron chi connectivity index (χ2n) is 2.77. The van der Waals surface area contributed by atoms with Gasteiger partial charge in [-0.25, -0.2) is 4.79 Å². The summed E-state index contributed by atoms with van der Waals surface area (Å²) in [6.07, 6.45) is 0. The zero-order valence-electron chi connectivity index (χ0n) is 7.65. The summed E-state index contributed by atoms with van der Waals surface area (Å²) in [5, 5.41) is 12.5. The van der Waals surface area contributed by atoms with Crippen molar-refractivity contribution in [3.63, 3.8) is 0 Å². The van der Waals surface area contributed by atoms with Crippen LogP contribution in [0.15, 0.2) is 0 Å². The Morgan fingerprint density at radius 1 is 1.47 bits per heavy atom. The lowest BCUT2D eigenvalue weighted by Gasteiger charge is -2.24. The van der Waals surface area contributed by atoms with Gasteiger partial charge in [-0.05, 0) is 0 Å². The van der Waals surface area contributed by atoms with Crippen molar-refractivity contribution in [2.75, 3.05) is 19.6 Å². The predicted octanol–water partition coefficient (Wildman–Crippen LogP) is -2.26. The van der Waals surface area contributed by atoms with Crippen molar-refractivity contribution < 1.29 is 24.3 Å². The van der Waals surface area contributed by atoms with Gasteiger partial charge in [0, 0.05) is 13.1 Å². The molecular formula is C7H9N3O5. The number of imide groups is 1. The molecule has 0 aromatic rings. The molecule has 1 saturated heterocycles. The Hall–Kier alpha value is -2.12. The van der Waals surface area contributed by atoms with Crippen molar-refractivity contribution in [3.8, 4) is 0 Å². The van der Waals surface area contributed by atoms with Crippen LogP contribution in [0.2, 0.25) is 0 Å². The number of rotatable bonds is 2. The van der Waals surface area contributed by atoms with Crippen molar-refractivity contribution in [2.24, 2.45) is 0 Å². The first-order valence-corrected chi connectivity index (χ1v) is 4.11. The first kappa shape index (κ1) is 11.0. The number of urea groups is 1. The van der Waals surface area contributed by atoms with Gasteiger partial charge in [-0.3, -0.25) is 19.3 Å². The summed E-state index contributed by atoms with van der Waals surface area (Å²) < 4.78 is 0. The third-order valence-electron chi connectivity index (χ3n) is 1.70. The van der Waals surface area contributed by atoms with Crippen LogP contribution in [0.4, 0.5) is 4.79 Å². The standard InChI is InChI=1S/C7H9N3O5/c11-4(12)3-9-7(15)10-2-1-8-5(13)6(10)14/h1-3H2,(H,8,13)(H,9,15)(H,11,12). The number of amides is 4. The van der Waals surface area contributed by atoms with Crippen LogP contribution in [0.1, 0.15) is 0 Å². The molecule has 1 heterocycles. The van der Waals surface area contributed by atoms with Crippen molar-refractivity contribution in [1.82, 2.24) is 15.5 Å². The topological polar surface area (TPSA) is 116 Å². The summed E-state index contributed by atoms with van der Waals surface area (Å²) in [5.41, 5.74) is 0. The van der Waals surface area contributed by atoms with E-state index in [9.17, 15) is 19.2 Å². The molecule has 1 fully saturated rings. The number of nitrogens with zero attached hydrogens (tertiary/aromatic N) is 1. The molecule has 4 amide bonds. The highest BCUT2D eigenvalue weighted by atomic mass is 16.4. The smallest absolute Gasteiger partial charge is 0.325 e. The highest BCUT2D eigenvalue weighted by Crippen LogP contribution is 1.95. The van der Waals surface area contributed by atoms with E-state index in [4.69, 9.17) is 5.11 Å². The number of carbonyl (C=O) groups excluding carboxylic acids is 3. The van der Waals surface area contributed by atoms with Gasteiger partial charge in [-0.1, -0.05) is 0 Å². The van der Waals surface area contributed by atoms with E-state index in [0.717, 1.165) is 0 Å².